The Morgan fingerprint density at radius 1 is 1.59 bits per heavy atom. The molecule has 1 unspecified atom stereocenters. The van der Waals surface area contributed by atoms with Gasteiger partial charge in [-0.25, -0.2) is 9.78 Å². The first-order valence-corrected chi connectivity index (χ1v) is 4.84. The number of fused-ring (bicyclic) bond motifs is 1. The molecule has 90 valence electrons. The zero-order chi connectivity index (χ0) is 12.5. The second kappa shape index (κ2) is 3.98. The van der Waals surface area contributed by atoms with Crippen molar-refractivity contribution in [1.82, 2.24) is 19.6 Å². The standard InChI is InChI=1S/C9H11N5O3/c1-9(17,8(15)16)4-11-6-2-10-3-7-12-5-13-14(6)7/h2-3,5,11,17H,4H2,1H3,(H,15,16). The van der Waals surface area contributed by atoms with Gasteiger partial charge in [0.05, 0.1) is 18.9 Å². The average molecular weight is 237 g/mol. The van der Waals surface area contributed by atoms with E-state index in [0.717, 1.165) is 0 Å². The largest absolute Gasteiger partial charge is 0.479 e. The van der Waals surface area contributed by atoms with Gasteiger partial charge in [0.1, 0.15) is 12.1 Å². The smallest absolute Gasteiger partial charge is 0.337 e. The van der Waals surface area contributed by atoms with Gasteiger partial charge < -0.3 is 15.5 Å². The normalized spacial score (nSPS) is 14.5. The quantitative estimate of drug-likeness (QED) is 0.649. The number of carbonyl (C=O) groups is 1. The summed E-state index contributed by atoms with van der Waals surface area (Å²) < 4.78 is 1.46. The Morgan fingerprint density at radius 3 is 3.06 bits per heavy atom. The molecule has 0 aliphatic rings. The van der Waals surface area contributed by atoms with Gasteiger partial charge in [-0.2, -0.15) is 9.61 Å². The second-order valence-electron chi connectivity index (χ2n) is 3.76. The summed E-state index contributed by atoms with van der Waals surface area (Å²) in [7, 11) is 0. The molecule has 2 heterocycles. The fourth-order valence-corrected chi connectivity index (χ4v) is 1.21. The summed E-state index contributed by atoms with van der Waals surface area (Å²) in [5, 5.41) is 25.0. The highest BCUT2D eigenvalue weighted by Crippen LogP contribution is 2.09. The van der Waals surface area contributed by atoms with Crippen molar-refractivity contribution in [2.45, 2.75) is 12.5 Å². The molecule has 0 saturated carbocycles. The van der Waals surface area contributed by atoms with Crippen LogP contribution in [0.2, 0.25) is 0 Å². The van der Waals surface area contributed by atoms with Crippen LogP contribution in [0.4, 0.5) is 5.82 Å². The van der Waals surface area contributed by atoms with E-state index in [0.29, 0.717) is 11.5 Å². The van der Waals surface area contributed by atoms with E-state index in [2.05, 4.69) is 20.4 Å². The molecule has 0 aliphatic heterocycles. The summed E-state index contributed by atoms with van der Waals surface area (Å²) in [5.74, 6) is -0.842. The van der Waals surface area contributed by atoms with E-state index < -0.39 is 11.6 Å². The predicted molar refractivity (Wildman–Crippen MR) is 57.5 cm³/mol. The summed E-state index contributed by atoms with van der Waals surface area (Å²) in [6.07, 6.45) is 4.35. The van der Waals surface area contributed by atoms with Crippen LogP contribution >= 0.6 is 0 Å². The molecule has 2 aromatic rings. The van der Waals surface area contributed by atoms with Gasteiger partial charge in [-0.15, -0.1) is 0 Å². The number of rotatable bonds is 4. The highest BCUT2D eigenvalue weighted by molar-refractivity contribution is 5.77. The van der Waals surface area contributed by atoms with Gasteiger partial charge in [0.25, 0.3) is 0 Å². The first kappa shape index (κ1) is 11.3. The van der Waals surface area contributed by atoms with E-state index in [1.54, 1.807) is 0 Å². The molecular weight excluding hydrogens is 226 g/mol. The van der Waals surface area contributed by atoms with Crippen LogP contribution in [-0.2, 0) is 4.79 Å². The molecule has 2 rings (SSSR count). The highest BCUT2D eigenvalue weighted by atomic mass is 16.4. The Morgan fingerprint density at radius 2 is 2.35 bits per heavy atom. The number of aliphatic hydroxyl groups is 1. The molecule has 3 N–H and O–H groups in total. The maximum Gasteiger partial charge on any atom is 0.337 e. The lowest BCUT2D eigenvalue weighted by molar-refractivity contribution is -0.155. The van der Waals surface area contributed by atoms with Crippen LogP contribution in [0, 0.1) is 0 Å². The van der Waals surface area contributed by atoms with Crippen LogP contribution in [-0.4, -0.2) is 47.9 Å². The van der Waals surface area contributed by atoms with Crippen molar-refractivity contribution in [3.8, 4) is 0 Å². The summed E-state index contributed by atoms with van der Waals surface area (Å²) in [4.78, 5) is 18.6. The number of nitrogens with one attached hydrogen (secondary N) is 1. The van der Waals surface area contributed by atoms with Crippen molar-refractivity contribution in [1.29, 1.82) is 0 Å². The van der Waals surface area contributed by atoms with Gasteiger partial charge in [-0.3, -0.25) is 4.98 Å². The summed E-state index contributed by atoms with van der Waals surface area (Å²) in [6.45, 7) is 1.04. The van der Waals surface area contributed by atoms with Gasteiger partial charge in [-0.05, 0) is 6.92 Å². The molecule has 0 radical (unpaired) electrons. The zero-order valence-electron chi connectivity index (χ0n) is 9.03. The number of nitrogens with zero attached hydrogens (tertiary/aromatic N) is 4. The third-order valence-corrected chi connectivity index (χ3v) is 2.26. The number of hydrogen-bond donors (Lipinski definition) is 3. The lowest BCUT2D eigenvalue weighted by atomic mass is 10.1. The molecule has 17 heavy (non-hydrogen) atoms. The van der Waals surface area contributed by atoms with Crippen molar-refractivity contribution in [2.75, 3.05) is 11.9 Å². The van der Waals surface area contributed by atoms with E-state index in [1.807, 2.05) is 0 Å². The number of carboxylic acid groups (broad SMARTS) is 1. The van der Waals surface area contributed by atoms with Gasteiger partial charge in [0.2, 0.25) is 0 Å². The van der Waals surface area contributed by atoms with Crippen LogP contribution in [0.3, 0.4) is 0 Å². The molecule has 8 nitrogen and oxygen atoms in total. The molecule has 0 saturated heterocycles. The Labute approximate surface area is 95.9 Å². The van der Waals surface area contributed by atoms with Gasteiger partial charge in [-0.1, -0.05) is 0 Å². The minimum Gasteiger partial charge on any atom is -0.479 e. The molecule has 0 bridgehead atoms. The van der Waals surface area contributed by atoms with E-state index in [1.165, 1.54) is 30.2 Å². The SMILES string of the molecule is CC(O)(CNc1cncc2ncnn12)C(=O)O. The first-order valence-electron chi connectivity index (χ1n) is 4.84. The average Bonchev–Trinajstić information content (AvgIpc) is 2.74. The summed E-state index contributed by atoms with van der Waals surface area (Å²) in [5.41, 5.74) is -1.33. The number of hydrogen-bond acceptors (Lipinski definition) is 6. The highest BCUT2D eigenvalue weighted by Gasteiger charge is 2.29. The number of anilines is 1. The number of aliphatic carboxylic acids is 1. The number of aromatic nitrogens is 4. The lowest BCUT2D eigenvalue weighted by Crippen LogP contribution is -2.42. The monoisotopic (exact) mass is 237 g/mol. The third kappa shape index (κ3) is 2.16. The maximum absolute atomic E-state index is 10.7. The van der Waals surface area contributed by atoms with Crippen LogP contribution in [0.15, 0.2) is 18.7 Å². The fourth-order valence-electron chi connectivity index (χ4n) is 1.21. The molecule has 0 aliphatic carbocycles. The summed E-state index contributed by atoms with van der Waals surface area (Å²) in [6, 6.07) is 0. The van der Waals surface area contributed by atoms with Crippen LogP contribution in [0.25, 0.3) is 5.65 Å². The topological polar surface area (TPSA) is 113 Å². The van der Waals surface area contributed by atoms with Crippen LogP contribution in [0.5, 0.6) is 0 Å². The Bertz CT molecular complexity index is 550. The Hall–Kier alpha value is -2.22. The van der Waals surface area contributed by atoms with Crippen LogP contribution < -0.4 is 5.32 Å². The van der Waals surface area contributed by atoms with E-state index in [4.69, 9.17) is 5.11 Å². The van der Waals surface area contributed by atoms with Crippen molar-refractivity contribution in [3.05, 3.63) is 18.7 Å². The molecule has 0 amide bonds. The molecule has 8 heteroatoms. The van der Waals surface area contributed by atoms with E-state index >= 15 is 0 Å². The molecule has 0 aromatic carbocycles. The van der Waals surface area contributed by atoms with Gasteiger partial charge in [0, 0.05) is 0 Å². The molecule has 1 atom stereocenters. The second-order valence-corrected chi connectivity index (χ2v) is 3.76. The molecular formula is C9H11N5O3. The molecule has 0 spiro atoms. The zero-order valence-corrected chi connectivity index (χ0v) is 9.03. The van der Waals surface area contributed by atoms with E-state index in [9.17, 15) is 9.90 Å². The third-order valence-electron chi connectivity index (χ3n) is 2.26. The Kier molecular flexibility index (Phi) is 2.64. The fraction of sp³-hybridized carbons (Fsp3) is 0.333. The summed E-state index contributed by atoms with van der Waals surface area (Å²) >= 11 is 0. The number of carboxylic acids is 1. The van der Waals surface area contributed by atoms with E-state index in [-0.39, 0.29) is 6.54 Å². The minimum atomic E-state index is -1.86. The minimum absolute atomic E-state index is 0.164. The van der Waals surface area contributed by atoms with Crippen molar-refractivity contribution < 1.29 is 15.0 Å². The lowest BCUT2D eigenvalue weighted by Gasteiger charge is -2.18. The van der Waals surface area contributed by atoms with Gasteiger partial charge in [0.15, 0.2) is 11.2 Å². The Balaban J connectivity index is 2.19. The predicted octanol–water partition coefficient (Wildman–Crippen LogP) is -0.628. The van der Waals surface area contributed by atoms with Crippen molar-refractivity contribution >= 4 is 17.4 Å². The van der Waals surface area contributed by atoms with Crippen LogP contribution in [0.1, 0.15) is 6.92 Å². The van der Waals surface area contributed by atoms with Crippen molar-refractivity contribution in [2.24, 2.45) is 0 Å². The van der Waals surface area contributed by atoms with Gasteiger partial charge >= 0.3 is 5.97 Å². The van der Waals surface area contributed by atoms with Crippen molar-refractivity contribution in [3.63, 3.8) is 0 Å². The molecule has 0 fully saturated rings. The maximum atomic E-state index is 10.7. The molecule has 2 aromatic heterocycles. The first-order chi connectivity index (χ1) is 8.00.